The Bertz CT molecular complexity index is 690. The van der Waals surface area contributed by atoms with Gasteiger partial charge in [0.25, 0.3) is 0 Å². The average Bonchev–Trinajstić information content (AvgIpc) is 2.83. The number of rotatable bonds is 4. The minimum atomic E-state index is -5.00. The quantitative estimate of drug-likeness (QED) is 0.854. The molecular weight excluding hydrogens is 315 g/mol. The van der Waals surface area contributed by atoms with Gasteiger partial charge < -0.3 is 14.3 Å². The molecule has 9 heteroatoms. The van der Waals surface area contributed by atoms with E-state index in [-0.39, 0.29) is 11.3 Å². The second-order valence-electron chi connectivity index (χ2n) is 4.06. The summed E-state index contributed by atoms with van der Waals surface area (Å²) in [6.07, 6.45) is -5.00. The van der Waals surface area contributed by atoms with Gasteiger partial charge in [-0.3, -0.25) is 0 Å². The van der Waals surface area contributed by atoms with Crippen LogP contribution in [-0.4, -0.2) is 17.7 Å². The van der Waals surface area contributed by atoms with Crippen LogP contribution in [-0.2, 0) is 6.18 Å². The van der Waals surface area contributed by atoms with Crippen LogP contribution in [0.5, 0.6) is 5.75 Å². The maximum atomic E-state index is 12.7. The van der Waals surface area contributed by atoms with Crippen LogP contribution in [0.1, 0.15) is 16.1 Å². The molecule has 0 atom stereocenters. The maximum Gasteiger partial charge on any atom is 0.450 e. The second kappa shape index (κ2) is 5.66. The molecule has 2 aromatic rings. The monoisotopic (exact) mass is 322 g/mol. The number of benzene rings is 1. The third-order valence-corrected chi connectivity index (χ3v) is 2.56. The minimum Gasteiger partial charge on any atom is -0.478 e. The van der Waals surface area contributed by atoms with E-state index in [0.29, 0.717) is 6.07 Å². The molecule has 0 unspecified atom stereocenters. The average molecular weight is 322 g/mol. The highest BCUT2D eigenvalue weighted by atomic mass is 19.4. The fraction of sp³-hybridized carbons (Fsp3) is 0.154. The number of carboxylic acid groups (broad SMARTS) is 1. The van der Waals surface area contributed by atoms with Gasteiger partial charge in [0.05, 0.1) is 0 Å². The number of halogens is 5. The van der Waals surface area contributed by atoms with E-state index in [2.05, 4.69) is 9.15 Å². The molecule has 0 saturated heterocycles. The number of alkyl halides is 5. The molecule has 22 heavy (non-hydrogen) atoms. The topological polar surface area (TPSA) is 59.7 Å². The fourth-order valence-corrected chi connectivity index (χ4v) is 1.73. The maximum absolute atomic E-state index is 12.7. The van der Waals surface area contributed by atoms with Crippen molar-refractivity contribution in [3.8, 4) is 17.1 Å². The van der Waals surface area contributed by atoms with Crippen LogP contribution in [0.4, 0.5) is 22.0 Å². The lowest BCUT2D eigenvalue weighted by atomic mass is 10.1. The van der Waals surface area contributed by atoms with E-state index < -0.39 is 35.8 Å². The summed E-state index contributed by atoms with van der Waals surface area (Å²) in [6.45, 7) is -3.10. The predicted molar refractivity (Wildman–Crippen MR) is 62.7 cm³/mol. The van der Waals surface area contributed by atoms with Gasteiger partial charge >= 0.3 is 18.8 Å². The van der Waals surface area contributed by atoms with Gasteiger partial charge in [-0.05, 0) is 18.2 Å². The minimum absolute atomic E-state index is 0.0313. The first-order chi connectivity index (χ1) is 10.2. The first-order valence-corrected chi connectivity index (χ1v) is 5.68. The molecule has 1 aromatic heterocycles. The molecule has 0 radical (unpaired) electrons. The third-order valence-electron chi connectivity index (χ3n) is 2.56. The first-order valence-electron chi connectivity index (χ1n) is 5.68. The Morgan fingerprint density at radius 1 is 1.23 bits per heavy atom. The molecule has 1 aromatic carbocycles. The number of hydrogen-bond donors (Lipinski definition) is 1. The van der Waals surface area contributed by atoms with Gasteiger partial charge in [0.1, 0.15) is 17.1 Å². The summed E-state index contributed by atoms with van der Waals surface area (Å²) in [5.74, 6) is -4.21. The Morgan fingerprint density at radius 3 is 2.41 bits per heavy atom. The van der Waals surface area contributed by atoms with Crippen molar-refractivity contribution < 1.29 is 41.0 Å². The van der Waals surface area contributed by atoms with E-state index in [0.717, 1.165) is 6.07 Å². The zero-order valence-electron chi connectivity index (χ0n) is 10.5. The van der Waals surface area contributed by atoms with E-state index in [1.165, 1.54) is 18.2 Å². The molecule has 0 fully saturated rings. The predicted octanol–water partition coefficient (Wildman–Crippen LogP) is 4.27. The van der Waals surface area contributed by atoms with Crippen LogP contribution in [0.2, 0.25) is 0 Å². The number of furan rings is 1. The highest BCUT2D eigenvalue weighted by Crippen LogP contribution is 2.37. The van der Waals surface area contributed by atoms with E-state index in [1.807, 2.05) is 0 Å². The largest absolute Gasteiger partial charge is 0.478 e. The van der Waals surface area contributed by atoms with Gasteiger partial charge in [-0.2, -0.15) is 22.0 Å². The Labute approximate surface area is 119 Å². The van der Waals surface area contributed by atoms with Crippen LogP contribution in [0.25, 0.3) is 11.3 Å². The van der Waals surface area contributed by atoms with Gasteiger partial charge in [-0.1, -0.05) is 12.1 Å². The van der Waals surface area contributed by atoms with Crippen molar-refractivity contribution in [1.29, 1.82) is 0 Å². The van der Waals surface area contributed by atoms with E-state index in [9.17, 15) is 26.7 Å². The van der Waals surface area contributed by atoms with Gasteiger partial charge in [-0.25, -0.2) is 4.79 Å². The van der Waals surface area contributed by atoms with Crippen molar-refractivity contribution in [3.63, 3.8) is 0 Å². The molecule has 1 N–H and O–H groups in total. The number of carbonyl (C=O) groups is 1. The Balaban J connectivity index is 2.47. The van der Waals surface area contributed by atoms with Crippen LogP contribution in [0.15, 0.2) is 34.7 Å². The van der Waals surface area contributed by atoms with Crippen molar-refractivity contribution in [2.75, 3.05) is 0 Å². The molecule has 4 nitrogen and oxygen atoms in total. The van der Waals surface area contributed by atoms with Crippen molar-refractivity contribution in [3.05, 3.63) is 41.7 Å². The van der Waals surface area contributed by atoms with Crippen LogP contribution in [0, 0.1) is 0 Å². The van der Waals surface area contributed by atoms with Gasteiger partial charge in [-0.15, -0.1) is 0 Å². The second-order valence-corrected chi connectivity index (χ2v) is 4.06. The number of aromatic carboxylic acids is 1. The summed E-state index contributed by atoms with van der Waals surface area (Å²) < 4.78 is 71.0. The molecule has 0 spiro atoms. The Hall–Kier alpha value is -2.58. The van der Waals surface area contributed by atoms with Crippen LogP contribution in [0.3, 0.4) is 0 Å². The van der Waals surface area contributed by atoms with Crippen molar-refractivity contribution in [2.45, 2.75) is 12.8 Å². The summed E-state index contributed by atoms with van der Waals surface area (Å²) >= 11 is 0. The SMILES string of the molecule is O=C(O)c1cc(-c2cccc(OC(F)F)c2)oc1C(F)(F)F. The normalized spacial score (nSPS) is 11.7. The lowest BCUT2D eigenvalue weighted by molar-refractivity contribution is -0.153. The smallest absolute Gasteiger partial charge is 0.450 e. The van der Waals surface area contributed by atoms with Crippen molar-refractivity contribution in [1.82, 2.24) is 0 Å². The molecule has 0 bridgehead atoms. The molecule has 0 aliphatic carbocycles. The van der Waals surface area contributed by atoms with E-state index in [1.54, 1.807) is 0 Å². The first kappa shape index (κ1) is 15.8. The molecule has 118 valence electrons. The van der Waals surface area contributed by atoms with Gasteiger partial charge in [0.2, 0.25) is 5.76 Å². The molecule has 0 aliphatic rings. The third kappa shape index (κ3) is 3.35. The van der Waals surface area contributed by atoms with Crippen molar-refractivity contribution in [2.24, 2.45) is 0 Å². The molecule has 0 aliphatic heterocycles. The van der Waals surface area contributed by atoms with Crippen molar-refractivity contribution >= 4 is 5.97 Å². The van der Waals surface area contributed by atoms with Crippen LogP contribution < -0.4 is 4.74 Å². The van der Waals surface area contributed by atoms with Gasteiger partial charge in [0.15, 0.2) is 0 Å². The number of ether oxygens (including phenoxy) is 1. The zero-order valence-corrected chi connectivity index (χ0v) is 10.5. The van der Waals surface area contributed by atoms with Gasteiger partial charge in [0, 0.05) is 5.56 Å². The van der Waals surface area contributed by atoms with Crippen LogP contribution >= 0.6 is 0 Å². The Morgan fingerprint density at radius 2 is 1.91 bits per heavy atom. The fourth-order valence-electron chi connectivity index (χ4n) is 1.73. The standard InChI is InChI=1S/C13H7F5O4/c14-12(15)21-7-3-1-2-6(4-7)9-5-8(11(19)20)10(22-9)13(16,17)18/h1-5,12H,(H,19,20). The molecular formula is C13H7F5O4. The highest BCUT2D eigenvalue weighted by molar-refractivity contribution is 5.90. The summed E-state index contributed by atoms with van der Waals surface area (Å²) in [5, 5.41) is 8.78. The summed E-state index contributed by atoms with van der Waals surface area (Å²) in [6, 6.07) is 5.37. The summed E-state index contributed by atoms with van der Waals surface area (Å²) in [4.78, 5) is 10.8. The molecule has 1 heterocycles. The summed E-state index contributed by atoms with van der Waals surface area (Å²) in [7, 11) is 0. The zero-order chi connectivity index (χ0) is 16.5. The molecule has 2 rings (SSSR count). The Kier molecular flexibility index (Phi) is 4.07. The van der Waals surface area contributed by atoms with E-state index >= 15 is 0 Å². The lowest BCUT2D eigenvalue weighted by Gasteiger charge is -2.05. The molecule has 0 saturated carbocycles. The highest BCUT2D eigenvalue weighted by Gasteiger charge is 2.40. The number of carboxylic acids is 1. The van der Waals surface area contributed by atoms with E-state index in [4.69, 9.17) is 5.11 Å². The lowest BCUT2D eigenvalue weighted by Crippen LogP contribution is -2.09. The number of hydrogen-bond acceptors (Lipinski definition) is 3. The summed E-state index contributed by atoms with van der Waals surface area (Å²) in [5.41, 5.74) is -1.10. The molecule has 0 amide bonds.